The van der Waals surface area contributed by atoms with E-state index in [0.29, 0.717) is 24.8 Å². The van der Waals surface area contributed by atoms with Crippen LogP contribution in [0.5, 0.6) is 5.88 Å². The van der Waals surface area contributed by atoms with Crippen molar-refractivity contribution in [2.24, 2.45) is 0 Å². The van der Waals surface area contributed by atoms with E-state index in [9.17, 15) is 0 Å². The lowest BCUT2D eigenvalue weighted by atomic mass is 10.2. The minimum atomic E-state index is 0.204. The summed E-state index contributed by atoms with van der Waals surface area (Å²) < 4.78 is 11.0. The molecule has 5 heteroatoms. The van der Waals surface area contributed by atoms with Crippen molar-refractivity contribution in [2.45, 2.75) is 20.0 Å². The number of nitrogens with zero attached hydrogens (tertiary/aromatic N) is 2. The van der Waals surface area contributed by atoms with E-state index in [1.165, 1.54) is 6.33 Å². The highest BCUT2D eigenvalue weighted by molar-refractivity contribution is 5.85. The first kappa shape index (κ1) is 12.6. The second kappa shape index (κ2) is 5.64. The molecule has 0 saturated heterocycles. The molecule has 0 saturated carbocycles. The van der Waals surface area contributed by atoms with Crippen LogP contribution >= 0.6 is 0 Å². The standard InChI is InChI=1S/C13H17N3O2/c1-9(2)17-5-6-18-13-11-4-3-10(14)7-12(11)15-8-16-13/h3-4,7-9H,5-6,14H2,1-2H3. The molecule has 2 N–H and O–H groups in total. The van der Waals surface area contributed by atoms with Gasteiger partial charge in [0.25, 0.3) is 0 Å². The number of benzene rings is 1. The number of fused-ring (bicyclic) bond motifs is 1. The molecule has 96 valence electrons. The van der Waals surface area contributed by atoms with Gasteiger partial charge in [0.1, 0.15) is 12.9 Å². The fourth-order valence-corrected chi connectivity index (χ4v) is 1.59. The molecule has 0 atom stereocenters. The maximum absolute atomic E-state index is 5.71. The number of nitrogens with two attached hydrogens (primary N) is 1. The fourth-order valence-electron chi connectivity index (χ4n) is 1.59. The molecule has 1 aromatic heterocycles. The predicted octanol–water partition coefficient (Wildman–Crippen LogP) is 2.02. The van der Waals surface area contributed by atoms with Crippen molar-refractivity contribution in [2.75, 3.05) is 18.9 Å². The normalized spacial score (nSPS) is 11.1. The van der Waals surface area contributed by atoms with Gasteiger partial charge in [-0.2, -0.15) is 0 Å². The van der Waals surface area contributed by atoms with Crippen LogP contribution in [0.1, 0.15) is 13.8 Å². The first-order valence-electron chi connectivity index (χ1n) is 5.91. The lowest BCUT2D eigenvalue weighted by Gasteiger charge is -2.10. The van der Waals surface area contributed by atoms with Crippen LogP contribution in [0.3, 0.4) is 0 Å². The van der Waals surface area contributed by atoms with Crippen LogP contribution in [0.15, 0.2) is 24.5 Å². The summed E-state index contributed by atoms with van der Waals surface area (Å²) in [5.74, 6) is 0.562. The molecule has 0 unspecified atom stereocenters. The lowest BCUT2D eigenvalue weighted by molar-refractivity contribution is 0.0546. The third-order valence-electron chi connectivity index (χ3n) is 2.40. The summed E-state index contributed by atoms with van der Waals surface area (Å²) in [5.41, 5.74) is 7.17. The Morgan fingerprint density at radius 3 is 2.83 bits per heavy atom. The molecule has 1 aromatic carbocycles. The first-order valence-corrected chi connectivity index (χ1v) is 5.91. The number of ether oxygens (including phenoxy) is 2. The van der Waals surface area contributed by atoms with E-state index in [4.69, 9.17) is 15.2 Å². The summed E-state index contributed by atoms with van der Waals surface area (Å²) in [6.07, 6.45) is 1.68. The average molecular weight is 247 g/mol. The highest BCUT2D eigenvalue weighted by Gasteiger charge is 2.05. The van der Waals surface area contributed by atoms with Crippen LogP contribution in [0.4, 0.5) is 5.69 Å². The number of rotatable bonds is 5. The molecule has 2 aromatic rings. The van der Waals surface area contributed by atoms with Gasteiger partial charge in [0, 0.05) is 5.69 Å². The van der Waals surface area contributed by atoms with Crippen molar-refractivity contribution in [3.8, 4) is 5.88 Å². The van der Waals surface area contributed by atoms with E-state index in [2.05, 4.69) is 9.97 Å². The van der Waals surface area contributed by atoms with Gasteiger partial charge in [0.05, 0.1) is 23.6 Å². The van der Waals surface area contributed by atoms with Gasteiger partial charge in [0.2, 0.25) is 5.88 Å². The molecule has 0 aliphatic carbocycles. The Bertz CT molecular complexity index is 529. The predicted molar refractivity (Wildman–Crippen MR) is 70.5 cm³/mol. The topological polar surface area (TPSA) is 70.3 Å². The Balaban J connectivity index is 2.08. The Morgan fingerprint density at radius 2 is 2.06 bits per heavy atom. The SMILES string of the molecule is CC(C)OCCOc1ncnc2cc(N)ccc12. The van der Waals surface area contributed by atoms with Crippen molar-refractivity contribution < 1.29 is 9.47 Å². The summed E-state index contributed by atoms with van der Waals surface area (Å²) in [7, 11) is 0. The van der Waals surface area contributed by atoms with E-state index in [0.717, 1.165) is 10.9 Å². The smallest absolute Gasteiger partial charge is 0.224 e. The summed E-state index contributed by atoms with van der Waals surface area (Å²) in [6, 6.07) is 5.47. The van der Waals surface area contributed by atoms with Crippen LogP contribution in [-0.4, -0.2) is 29.3 Å². The zero-order valence-electron chi connectivity index (χ0n) is 10.6. The summed E-state index contributed by atoms with van der Waals surface area (Å²) >= 11 is 0. The molecular formula is C13H17N3O2. The monoisotopic (exact) mass is 247 g/mol. The van der Waals surface area contributed by atoms with E-state index < -0.39 is 0 Å². The van der Waals surface area contributed by atoms with Crippen LogP contribution < -0.4 is 10.5 Å². The van der Waals surface area contributed by atoms with Crippen LogP contribution in [-0.2, 0) is 4.74 Å². The zero-order chi connectivity index (χ0) is 13.0. The third-order valence-corrected chi connectivity index (χ3v) is 2.40. The quantitative estimate of drug-likeness (QED) is 0.646. The Morgan fingerprint density at radius 1 is 1.22 bits per heavy atom. The van der Waals surface area contributed by atoms with Crippen LogP contribution in [0, 0.1) is 0 Å². The lowest BCUT2D eigenvalue weighted by Crippen LogP contribution is -2.12. The van der Waals surface area contributed by atoms with Gasteiger partial charge in [-0.1, -0.05) is 0 Å². The second-order valence-electron chi connectivity index (χ2n) is 4.22. The molecule has 1 heterocycles. The number of hydrogen-bond donors (Lipinski definition) is 1. The van der Waals surface area contributed by atoms with Gasteiger partial charge in [0.15, 0.2) is 0 Å². The fraction of sp³-hybridized carbons (Fsp3) is 0.385. The van der Waals surface area contributed by atoms with Crippen molar-refractivity contribution in [1.29, 1.82) is 0 Å². The Hall–Kier alpha value is -1.88. The minimum Gasteiger partial charge on any atom is -0.475 e. The second-order valence-corrected chi connectivity index (χ2v) is 4.22. The Labute approximate surface area is 106 Å². The van der Waals surface area contributed by atoms with Crippen molar-refractivity contribution in [3.63, 3.8) is 0 Å². The zero-order valence-corrected chi connectivity index (χ0v) is 10.6. The molecule has 0 fully saturated rings. The van der Waals surface area contributed by atoms with Gasteiger partial charge >= 0.3 is 0 Å². The van der Waals surface area contributed by atoms with Gasteiger partial charge in [-0.05, 0) is 32.0 Å². The number of hydrogen-bond acceptors (Lipinski definition) is 5. The van der Waals surface area contributed by atoms with Crippen LogP contribution in [0.25, 0.3) is 10.9 Å². The molecule has 0 bridgehead atoms. The third kappa shape index (κ3) is 3.07. The molecular weight excluding hydrogens is 230 g/mol. The first-order chi connectivity index (χ1) is 8.66. The minimum absolute atomic E-state index is 0.204. The molecule has 0 amide bonds. The molecule has 0 aliphatic heterocycles. The van der Waals surface area contributed by atoms with Gasteiger partial charge in [-0.15, -0.1) is 0 Å². The molecule has 18 heavy (non-hydrogen) atoms. The molecule has 5 nitrogen and oxygen atoms in total. The summed E-state index contributed by atoms with van der Waals surface area (Å²) in [6.45, 7) is 4.98. The van der Waals surface area contributed by atoms with E-state index in [1.807, 2.05) is 26.0 Å². The number of nitrogen functional groups attached to an aromatic ring is 1. The van der Waals surface area contributed by atoms with E-state index >= 15 is 0 Å². The van der Waals surface area contributed by atoms with Gasteiger partial charge in [-0.3, -0.25) is 0 Å². The van der Waals surface area contributed by atoms with Crippen LogP contribution in [0.2, 0.25) is 0 Å². The molecule has 0 spiro atoms. The average Bonchev–Trinajstić information content (AvgIpc) is 2.34. The van der Waals surface area contributed by atoms with Gasteiger partial charge in [-0.25, -0.2) is 9.97 Å². The highest BCUT2D eigenvalue weighted by Crippen LogP contribution is 2.22. The summed E-state index contributed by atoms with van der Waals surface area (Å²) in [4.78, 5) is 8.28. The maximum Gasteiger partial charge on any atom is 0.224 e. The maximum atomic E-state index is 5.71. The van der Waals surface area contributed by atoms with Crippen molar-refractivity contribution in [1.82, 2.24) is 9.97 Å². The molecule has 0 aliphatic rings. The van der Waals surface area contributed by atoms with Crippen molar-refractivity contribution >= 4 is 16.6 Å². The number of anilines is 1. The van der Waals surface area contributed by atoms with E-state index in [1.54, 1.807) is 6.07 Å². The Kier molecular flexibility index (Phi) is 3.94. The van der Waals surface area contributed by atoms with E-state index in [-0.39, 0.29) is 6.10 Å². The summed E-state index contributed by atoms with van der Waals surface area (Å²) in [5, 5.41) is 0.858. The van der Waals surface area contributed by atoms with Gasteiger partial charge < -0.3 is 15.2 Å². The highest BCUT2D eigenvalue weighted by atomic mass is 16.5. The molecule has 2 rings (SSSR count). The number of aromatic nitrogens is 2. The largest absolute Gasteiger partial charge is 0.475 e. The van der Waals surface area contributed by atoms with Crippen molar-refractivity contribution in [3.05, 3.63) is 24.5 Å². The molecule has 0 radical (unpaired) electrons.